The predicted octanol–water partition coefficient (Wildman–Crippen LogP) is 3.51. The summed E-state index contributed by atoms with van der Waals surface area (Å²) in [6.07, 6.45) is 2.65. The Hall–Kier alpha value is -2.17. The van der Waals surface area contributed by atoms with Crippen LogP contribution in [-0.2, 0) is 6.42 Å². The molecule has 1 unspecified atom stereocenters. The van der Waals surface area contributed by atoms with Crippen molar-refractivity contribution in [1.29, 1.82) is 0 Å². The van der Waals surface area contributed by atoms with Gasteiger partial charge in [-0.1, -0.05) is 29.8 Å². The molecule has 0 amide bonds. The Bertz CT molecular complexity index is 759. The summed E-state index contributed by atoms with van der Waals surface area (Å²) in [5.74, 6) is 0.278. The zero-order chi connectivity index (χ0) is 17.3. The molecule has 5 heteroatoms. The molecule has 24 heavy (non-hydrogen) atoms. The highest BCUT2D eigenvalue weighted by Gasteiger charge is 2.27. The summed E-state index contributed by atoms with van der Waals surface area (Å²) in [6, 6.07) is 8.89. The third kappa shape index (κ3) is 3.07. The molecule has 2 aromatic rings. The zero-order valence-electron chi connectivity index (χ0n) is 13.4. The molecule has 0 spiro atoms. The van der Waals surface area contributed by atoms with E-state index in [-0.39, 0.29) is 23.1 Å². The van der Waals surface area contributed by atoms with Crippen LogP contribution in [0.3, 0.4) is 0 Å². The summed E-state index contributed by atoms with van der Waals surface area (Å²) in [7, 11) is 0. The molecule has 0 aromatic heterocycles. The minimum Gasteiger partial charge on any atom is -0.508 e. The molecule has 3 rings (SSSR count). The first kappa shape index (κ1) is 16.7. The Morgan fingerprint density at radius 1 is 1.29 bits per heavy atom. The van der Waals surface area contributed by atoms with Crippen molar-refractivity contribution in [3.63, 3.8) is 0 Å². The summed E-state index contributed by atoms with van der Waals surface area (Å²) >= 11 is 6.43. The van der Waals surface area contributed by atoms with Gasteiger partial charge < -0.3 is 15.9 Å². The Balaban J connectivity index is 2.13. The topological polar surface area (TPSA) is 69.7 Å². The normalized spacial score (nSPS) is 18.0. The van der Waals surface area contributed by atoms with Crippen LogP contribution in [0.5, 0.6) is 11.5 Å². The highest BCUT2D eigenvalue weighted by atomic mass is 35.5. The molecular formula is C19H21ClN2O2. The first-order valence-electron chi connectivity index (χ1n) is 7.93. The zero-order valence-corrected chi connectivity index (χ0v) is 14.1. The second-order valence-corrected chi connectivity index (χ2v) is 6.51. The van der Waals surface area contributed by atoms with Gasteiger partial charge in [0, 0.05) is 25.6 Å². The van der Waals surface area contributed by atoms with Crippen molar-refractivity contribution in [2.45, 2.75) is 12.3 Å². The van der Waals surface area contributed by atoms with Crippen molar-refractivity contribution < 1.29 is 10.2 Å². The van der Waals surface area contributed by atoms with Crippen molar-refractivity contribution in [3.05, 3.63) is 64.7 Å². The third-order valence-electron chi connectivity index (χ3n) is 4.60. The molecule has 0 radical (unpaired) electrons. The molecule has 126 valence electrons. The number of nitrogen functional groups attached to an aromatic ring is 1. The average Bonchev–Trinajstić information content (AvgIpc) is 2.74. The summed E-state index contributed by atoms with van der Waals surface area (Å²) in [4.78, 5) is 2.30. The standard InChI is InChI=1S/C19H21ClN2O2/c1-2-8-22-9-7-14-15(10-17(24)19(21)18(14)20)16(11-22)12-3-5-13(23)6-4-12/h2-6,10,16,23-24H,1,7-9,11,21H2. The van der Waals surface area contributed by atoms with E-state index in [0.29, 0.717) is 5.02 Å². The first-order chi connectivity index (χ1) is 11.5. The van der Waals surface area contributed by atoms with Crippen molar-refractivity contribution in [3.8, 4) is 11.5 Å². The number of nitrogens with two attached hydrogens (primary N) is 1. The minimum absolute atomic E-state index is 0.0136. The third-order valence-corrected chi connectivity index (χ3v) is 5.03. The van der Waals surface area contributed by atoms with Gasteiger partial charge >= 0.3 is 0 Å². The van der Waals surface area contributed by atoms with E-state index in [0.717, 1.165) is 42.7 Å². The first-order valence-corrected chi connectivity index (χ1v) is 8.31. The maximum Gasteiger partial charge on any atom is 0.140 e. The predicted molar refractivity (Wildman–Crippen MR) is 97.8 cm³/mol. The van der Waals surface area contributed by atoms with Gasteiger partial charge in [0.15, 0.2) is 0 Å². The van der Waals surface area contributed by atoms with E-state index in [1.807, 2.05) is 18.2 Å². The fourth-order valence-corrected chi connectivity index (χ4v) is 3.64. The molecule has 1 atom stereocenters. The largest absolute Gasteiger partial charge is 0.508 e. The molecule has 0 saturated carbocycles. The molecule has 4 nitrogen and oxygen atoms in total. The van der Waals surface area contributed by atoms with Crippen molar-refractivity contribution in [1.82, 2.24) is 4.90 Å². The molecule has 2 aromatic carbocycles. The smallest absolute Gasteiger partial charge is 0.140 e. The molecule has 0 bridgehead atoms. The summed E-state index contributed by atoms with van der Waals surface area (Å²) < 4.78 is 0. The maximum absolute atomic E-state index is 10.1. The van der Waals surface area contributed by atoms with Gasteiger partial charge in [0.1, 0.15) is 11.5 Å². The molecule has 1 aliphatic rings. The van der Waals surface area contributed by atoms with Crippen molar-refractivity contribution in [2.24, 2.45) is 0 Å². The fraction of sp³-hybridized carbons (Fsp3) is 0.263. The highest BCUT2D eigenvalue weighted by Crippen LogP contribution is 2.41. The van der Waals surface area contributed by atoms with Crippen LogP contribution in [0.1, 0.15) is 22.6 Å². The van der Waals surface area contributed by atoms with Crippen LogP contribution in [0.4, 0.5) is 5.69 Å². The van der Waals surface area contributed by atoms with Crippen LogP contribution in [0.15, 0.2) is 43.0 Å². The number of hydrogen-bond donors (Lipinski definition) is 3. The van der Waals surface area contributed by atoms with E-state index in [9.17, 15) is 10.2 Å². The van der Waals surface area contributed by atoms with Gasteiger partial charge in [0.25, 0.3) is 0 Å². The van der Waals surface area contributed by atoms with Gasteiger partial charge in [0.2, 0.25) is 0 Å². The number of anilines is 1. The van der Waals surface area contributed by atoms with Crippen LogP contribution in [0.2, 0.25) is 5.02 Å². The number of rotatable bonds is 3. The lowest BCUT2D eigenvalue weighted by atomic mass is 9.87. The van der Waals surface area contributed by atoms with E-state index >= 15 is 0 Å². The van der Waals surface area contributed by atoms with Crippen molar-refractivity contribution >= 4 is 17.3 Å². The minimum atomic E-state index is 0.0136. The van der Waals surface area contributed by atoms with Gasteiger partial charge in [0.05, 0.1) is 10.7 Å². The molecule has 1 heterocycles. The fourth-order valence-electron chi connectivity index (χ4n) is 3.34. The summed E-state index contributed by atoms with van der Waals surface area (Å²) in [6.45, 7) is 6.23. The Morgan fingerprint density at radius 3 is 2.67 bits per heavy atom. The highest BCUT2D eigenvalue weighted by molar-refractivity contribution is 6.34. The van der Waals surface area contributed by atoms with Crippen LogP contribution >= 0.6 is 11.6 Å². The second kappa shape index (κ2) is 6.75. The molecule has 4 N–H and O–H groups in total. The maximum atomic E-state index is 10.1. The number of fused-ring (bicyclic) bond motifs is 1. The Morgan fingerprint density at radius 2 is 2.00 bits per heavy atom. The van der Waals surface area contributed by atoms with E-state index < -0.39 is 0 Å². The summed E-state index contributed by atoms with van der Waals surface area (Å²) in [5.41, 5.74) is 9.18. The second-order valence-electron chi connectivity index (χ2n) is 6.13. The lowest BCUT2D eigenvalue weighted by molar-refractivity contribution is 0.306. The number of halogens is 1. The van der Waals surface area contributed by atoms with Crippen molar-refractivity contribution in [2.75, 3.05) is 25.4 Å². The van der Waals surface area contributed by atoms with E-state index in [1.54, 1.807) is 18.2 Å². The number of benzene rings is 2. The number of phenols is 2. The van der Waals surface area contributed by atoms with E-state index in [4.69, 9.17) is 17.3 Å². The summed E-state index contributed by atoms with van der Waals surface area (Å²) in [5, 5.41) is 20.2. The van der Waals surface area contributed by atoms with Crippen LogP contribution < -0.4 is 5.73 Å². The number of nitrogens with zero attached hydrogens (tertiary/aromatic N) is 1. The van der Waals surface area contributed by atoms with Crippen LogP contribution in [0.25, 0.3) is 0 Å². The SMILES string of the molecule is C=CCN1CCc2c(cc(O)c(N)c2Cl)C(c2ccc(O)cc2)C1. The van der Waals surface area contributed by atoms with E-state index in [1.165, 1.54) is 0 Å². The van der Waals surface area contributed by atoms with Crippen LogP contribution in [0, 0.1) is 0 Å². The monoisotopic (exact) mass is 344 g/mol. The molecule has 0 fully saturated rings. The van der Waals surface area contributed by atoms with Gasteiger partial charge in [-0.05, 0) is 41.3 Å². The quantitative estimate of drug-likeness (QED) is 0.453. The Kier molecular flexibility index (Phi) is 4.69. The van der Waals surface area contributed by atoms with Gasteiger partial charge in [-0.3, -0.25) is 4.90 Å². The average molecular weight is 345 g/mol. The van der Waals surface area contributed by atoms with Gasteiger partial charge in [-0.2, -0.15) is 0 Å². The number of hydrogen-bond acceptors (Lipinski definition) is 4. The van der Waals surface area contributed by atoms with E-state index in [2.05, 4.69) is 11.5 Å². The van der Waals surface area contributed by atoms with Crippen LogP contribution in [-0.4, -0.2) is 34.7 Å². The Labute approximate surface area is 146 Å². The lowest BCUT2D eigenvalue weighted by Crippen LogP contribution is -2.28. The molecule has 0 aliphatic carbocycles. The van der Waals surface area contributed by atoms with Gasteiger partial charge in [-0.15, -0.1) is 6.58 Å². The lowest BCUT2D eigenvalue weighted by Gasteiger charge is -2.24. The molecular weight excluding hydrogens is 324 g/mol. The molecule has 0 saturated heterocycles. The number of phenolic OH excluding ortho intramolecular Hbond substituents is 2. The van der Waals surface area contributed by atoms with Gasteiger partial charge in [-0.25, -0.2) is 0 Å². The number of aromatic hydroxyl groups is 2. The molecule has 1 aliphatic heterocycles.